The van der Waals surface area contributed by atoms with Crippen LogP contribution in [0.4, 0.5) is 11.5 Å². The van der Waals surface area contributed by atoms with Crippen molar-refractivity contribution in [3.8, 4) is 6.07 Å². The summed E-state index contributed by atoms with van der Waals surface area (Å²) in [5.41, 5.74) is 1.48. The summed E-state index contributed by atoms with van der Waals surface area (Å²) in [6, 6.07) is 9.95. The molecule has 1 aromatic carbocycles. The average molecular weight is 258 g/mol. The van der Waals surface area contributed by atoms with Gasteiger partial charge in [0.15, 0.2) is 5.82 Å². The standard InChI is InChI=1S/C13H14N4S/c1-3-18-12-6-4-5-11(10(12)9-14)15-13-7-8-17(2)16-13/h4-8H,3H2,1-2H3,(H,15,16). The van der Waals surface area contributed by atoms with E-state index >= 15 is 0 Å². The van der Waals surface area contributed by atoms with E-state index in [-0.39, 0.29) is 0 Å². The molecule has 1 N–H and O–H groups in total. The van der Waals surface area contributed by atoms with Crippen LogP contribution in [-0.2, 0) is 7.05 Å². The van der Waals surface area contributed by atoms with Gasteiger partial charge in [0.2, 0.25) is 0 Å². The van der Waals surface area contributed by atoms with Crippen LogP contribution in [-0.4, -0.2) is 15.5 Å². The molecule has 0 saturated carbocycles. The molecule has 0 aliphatic heterocycles. The molecule has 0 aliphatic carbocycles. The highest BCUT2D eigenvalue weighted by Crippen LogP contribution is 2.29. The molecule has 1 aromatic heterocycles. The van der Waals surface area contributed by atoms with E-state index in [1.165, 1.54) is 0 Å². The summed E-state index contributed by atoms with van der Waals surface area (Å²) in [4.78, 5) is 1.00. The minimum absolute atomic E-state index is 0.676. The van der Waals surface area contributed by atoms with E-state index in [2.05, 4.69) is 23.4 Å². The highest BCUT2D eigenvalue weighted by molar-refractivity contribution is 7.99. The molecule has 0 unspecified atom stereocenters. The Morgan fingerprint density at radius 3 is 2.89 bits per heavy atom. The van der Waals surface area contributed by atoms with Crippen LogP contribution in [0.25, 0.3) is 0 Å². The summed E-state index contributed by atoms with van der Waals surface area (Å²) < 4.78 is 1.72. The first kappa shape index (κ1) is 12.5. The second kappa shape index (κ2) is 5.61. The van der Waals surface area contributed by atoms with Gasteiger partial charge in [-0.1, -0.05) is 13.0 Å². The summed E-state index contributed by atoms with van der Waals surface area (Å²) in [6.45, 7) is 2.07. The molecule has 5 heteroatoms. The lowest BCUT2D eigenvalue weighted by Crippen LogP contribution is -1.97. The molecule has 0 radical (unpaired) electrons. The first-order chi connectivity index (χ1) is 8.74. The second-order valence-electron chi connectivity index (χ2n) is 3.72. The average Bonchev–Trinajstić information content (AvgIpc) is 2.76. The van der Waals surface area contributed by atoms with Gasteiger partial charge >= 0.3 is 0 Å². The monoisotopic (exact) mass is 258 g/mol. The zero-order valence-corrected chi connectivity index (χ0v) is 11.2. The SMILES string of the molecule is CCSc1cccc(Nc2ccn(C)n2)c1C#N. The molecule has 0 saturated heterocycles. The van der Waals surface area contributed by atoms with Gasteiger partial charge in [-0.15, -0.1) is 11.8 Å². The molecule has 2 rings (SSSR count). The van der Waals surface area contributed by atoms with Crippen LogP contribution in [0.5, 0.6) is 0 Å². The predicted molar refractivity (Wildman–Crippen MR) is 74.0 cm³/mol. The minimum atomic E-state index is 0.676. The Morgan fingerprint density at radius 1 is 1.44 bits per heavy atom. The quantitative estimate of drug-likeness (QED) is 0.856. The van der Waals surface area contributed by atoms with Crippen molar-refractivity contribution in [3.05, 3.63) is 36.0 Å². The maximum Gasteiger partial charge on any atom is 0.152 e. The molecular weight excluding hydrogens is 244 g/mol. The third-order valence-corrected chi connectivity index (χ3v) is 3.35. The molecule has 0 fully saturated rings. The van der Waals surface area contributed by atoms with Crippen molar-refractivity contribution in [2.75, 3.05) is 11.1 Å². The number of hydrogen-bond acceptors (Lipinski definition) is 4. The van der Waals surface area contributed by atoms with Crippen LogP contribution < -0.4 is 5.32 Å². The van der Waals surface area contributed by atoms with Crippen LogP contribution in [0.2, 0.25) is 0 Å². The number of thioether (sulfide) groups is 1. The number of nitrogens with one attached hydrogen (secondary N) is 1. The van der Waals surface area contributed by atoms with E-state index in [0.717, 1.165) is 22.2 Å². The maximum absolute atomic E-state index is 9.28. The first-order valence-electron chi connectivity index (χ1n) is 5.67. The first-order valence-corrected chi connectivity index (χ1v) is 6.65. The topological polar surface area (TPSA) is 53.6 Å². The van der Waals surface area contributed by atoms with Crippen molar-refractivity contribution in [2.24, 2.45) is 7.05 Å². The molecule has 18 heavy (non-hydrogen) atoms. The Balaban J connectivity index is 2.33. The third kappa shape index (κ3) is 2.66. The Labute approximate surface area is 111 Å². The fourth-order valence-electron chi connectivity index (χ4n) is 1.65. The number of aromatic nitrogens is 2. The van der Waals surface area contributed by atoms with Gasteiger partial charge in [-0.25, -0.2) is 0 Å². The highest BCUT2D eigenvalue weighted by atomic mass is 32.2. The van der Waals surface area contributed by atoms with Crippen molar-refractivity contribution < 1.29 is 0 Å². The molecule has 92 valence electrons. The van der Waals surface area contributed by atoms with Gasteiger partial charge in [-0.3, -0.25) is 4.68 Å². The van der Waals surface area contributed by atoms with Crippen molar-refractivity contribution in [3.63, 3.8) is 0 Å². The van der Waals surface area contributed by atoms with Crippen molar-refractivity contribution >= 4 is 23.3 Å². The summed E-state index contributed by atoms with van der Waals surface area (Å²) in [7, 11) is 1.86. The fourth-order valence-corrected chi connectivity index (χ4v) is 2.43. The van der Waals surface area contributed by atoms with E-state index in [4.69, 9.17) is 0 Å². The molecule has 2 aromatic rings. The van der Waals surface area contributed by atoms with E-state index < -0.39 is 0 Å². The van der Waals surface area contributed by atoms with E-state index in [1.807, 2.05) is 37.5 Å². The Morgan fingerprint density at radius 2 is 2.28 bits per heavy atom. The summed E-state index contributed by atoms with van der Waals surface area (Å²) in [5, 5.41) is 16.7. The van der Waals surface area contributed by atoms with Crippen LogP contribution in [0, 0.1) is 11.3 Å². The molecule has 0 bridgehead atoms. The normalized spacial score (nSPS) is 10.1. The second-order valence-corrected chi connectivity index (χ2v) is 5.03. The lowest BCUT2D eigenvalue weighted by Gasteiger charge is -2.08. The highest BCUT2D eigenvalue weighted by Gasteiger charge is 2.08. The van der Waals surface area contributed by atoms with Gasteiger partial charge in [0, 0.05) is 24.2 Å². The van der Waals surface area contributed by atoms with Gasteiger partial charge in [-0.2, -0.15) is 10.4 Å². The molecule has 4 nitrogen and oxygen atoms in total. The van der Waals surface area contributed by atoms with Crippen LogP contribution in [0.1, 0.15) is 12.5 Å². The summed E-state index contributed by atoms with van der Waals surface area (Å²) >= 11 is 1.67. The number of nitriles is 1. The zero-order valence-electron chi connectivity index (χ0n) is 10.3. The largest absolute Gasteiger partial charge is 0.338 e. The van der Waals surface area contributed by atoms with E-state index in [0.29, 0.717) is 5.56 Å². The third-order valence-electron chi connectivity index (χ3n) is 2.41. The van der Waals surface area contributed by atoms with Crippen LogP contribution in [0.3, 0.4) is 0 Å². The number of hydrogen-bond donors (Lipinski definition) is 1. The number of nitrogens with zero attached hydrogens (tertiary/aromatic N) is 3. The van der Waals surface area contributed by atoms with Crippen LogP contribution >= 0.6 is 11.8 Å². The molecule has 0 spiro atoms. The van der Waals surface area contributed by atoms with Crippen molar-refractivity contribution in [2.45, 2.75) is 11.8 Å². The predicted octanol–water partition coefficient (Wildman–Crippen LogP) is 3.15. The van der Waals surface area contributed by atoms with Gasteiger partial charge in [0.1, 0.15) is 6.07 Å². The molecule has 0 atom stereocenters. The van der Waals surface area contributed by atoms with Crippen LogP contribution in [0.15, 0.2) is 35.4 Å². The summed E-state index contributed by atoms with van der Waals surface area (Å²) in [6.07, 6.45) is 1.86. The molecule has 0 amide bonds. The lowest BCUT2D eigenvalue weighted by molar-refractivity contribution is 0.771. The fraction of sp³-hybridized carbons (Fsp3) is 0.231. The van der Waals surface area contributed by atoms with Gasteiger partial charge in [-0.05, 0) is 17.9 Å². The molecule has 1 heterocycles. The lowest BCUT2D eigenvalue weighted by atomic mass is 10.2. The van der Waals surface area contributed by atoms with Crippen molar-refractivity contribution in [1.29, 1.82) is 5.26 Å². The minimum Gasteiger partial charge on any atom is -0.338 e. The van der Waals surface area contributed by atoms with Gasteiger partial charge < -0.3 is 5.32 Å². The molecular formula is C13H14N4S. The van der Waals surface area contributed by atoms with Gasteiger partial charge in [0.05, 0.1) is 11.3 Å². The zero-order chi connectivity index (χ0) is 13.0. The Bertz CT molecular complexity index is 583. The Hall–Kier alpha value is -1.93. The smallest absolute Gasteiger partial charge is 0.152 e. The van der Waals surface area contributed by atoms with E-state index in [1.54, 1.807) is 16.4 Å². The Kier molecular flexibility index (Phi) is 3.90. The number of aryl methyl sites for hydroxylation is 1. The number of benzene rings is 1. The van der Waals surface area contributed by atoms with Gasteiger partial charge in [0.25, 0.3) is 0 Å². The van der Waals surface area contributed by atoms with Crippen molar-refractivity contribution in [1.82, 2.24) is 9.78 Å². The van der Waals surface area contributed by atoms with E-state index in [9.17, 15) is 5.26 Å². The summed E-state index contributed by atoms with van der Waals surface area (Å²) in [5.74, 6) is 1.69. The number of anilines is 2. The maximum atomic E-state index is 9.28. The molecule has 0 aliphatic rings. The number of rotatable bonds is 4.